The minimum absolute atomic E-state index is 0.107. The van der Waals surface area contributed by atoms with Gasteiger partial charge in [0.25, 0.3) is 0 Å². The van der Waals surface area contributed by atoms with Gasteiger partial charge in [0.1, 0.15) is 6.10 Å². The lowest BCUT2D eigenvalue weighted by Crippen LogP contribution is -2.78. The first-order valence-electron chi connectivity index (χ1n) is 17.0. The van der Waals surface area contributed by atoms with Crippen molar-refractivity contribution in [2.45, 2.75) is 81.3 Å². The van der Waals surface area contributed by atoms with Crippen LogP contribution in [0.15, 0.2) is 72.8 Å². The van der Waals surface area contributed by atoms with Gasteiger partial charge in [0.05, 0.1) is 29.7 Å². The Balaban J connectivity index is 1.24. The molecule has 1 saturated carbocycles. The molecule has 1 N–H and O–H groups in total. The molecule has 0 unspecified atom stereocenters. The standard InChI is InChI=1S/C39H43F3N2O4/c1-25(2)24-44(33(45)15-12-27-10-7-11-29(22-27)39(40,41)42)30-16-18-38(46)32-23-28-13-14-31(47-3)35-34(28)37(38,36(30)48-35)19-21-43(32)20-17-26-8-5-4-6-9-26/h4-15,22,25,30,32,36,46H,16-21,23-24H2,1-3H3/t30-,32+,36-,37-,38+/m0/s1. The average molecular weight is 661 g/mol. The average Bonchev–Trinajstić information content (AvgIpc) is 3.42. The predicted molar refractivity (Wildman–Crippen MR) is 178 cm³/mol. The van der Waals surface area contributed by atoms with Crippen LogP contribution < -0.4 is 9.47 Å². The van der Waals surface area contributed by atoms with Gasteiger partial charge in [-0.3, -0.25) is 9.69 Å². The fourth-order valence-electron chi connectivity index (χ4n) is 9.12. The number of carbonyl (C=O) groups is 1. The van der Waals surface area contributed by atoms with Crippen LogP contribution in [0.25, 0.3) is 6.08 Å². The molecule has 1 amide bonds. The van der Waals surface area contributed by atoms with Crippen LogP contribution in [-0.4, -0.2) is 71.3 Å². The molecule has 6 nitrogen and oxygen atoms in total. The van der Waals surface area contributed by atoms with Gasteiger partial charge in [0.2, 0.25) is 5.91 Å². The van der Waals surface area contributed by atoms with Gasteiger partial charge in [-0.2, -0.15) is 13.2 Å². The van der Waals surface area contributed by atoms with E-state index in [1.54, 1.807) is 13.2 Å². The second-order valence-electron chi connectivity index (χ2n) is 14.3. The first-order chi connectivity index (χ1) is 23.0. The molecule has 0 radical (unpaired) electrons. The van der Waals surface area contributed by atoms with Gasteiger partial charge in [-0.05, 0) is 85.5 Å². The lowest BCUT2D eigenvalue weighted by Gasteiger charge is -2.65. The summed E-state index contributed by atoms with van der Waals surface area (Å²) in [5.41, 5.74) is 1.17. The molecule has 7 rings (SSSR count). The number of amides is 1. The molecule has 4 aliphatic rings. The maximum absolute atomic E-state index is 14.1. The molecule has 254 valence electrons. The number of piperidine rings is 1. The fraction of sp³-hybridized carbons (Fsp3) is 0.462. The lowest BCUT2D eigenvalue weighted by molar-refractivity contribution is -0.201. The van der Waals surface area contributed by atoms with E-state index in [-0.39, 0.29) is 23.9 Å². The molecule has 9 heteroatoms. The number of benzene rings is 3. The first kappa shape index (κ1) is 32.7. The van der Waals surface area contributed by atoms with Crippen LogP contribution >= 0.6 is 0 Å². The van der Waals surface area contributed by atoms with Crippen LogP contribution in [0.2, 0.25) is 0 Å². The summed E-state index contributed by atoms with van der Waals surface area (Å²) in [5, 5.41) is 13.0. The normalized spacial score (nSPS) is 27.5. The number of aliphatic hydroxyl groups is 1. The van der Waals surface area contributed by atoms with E-state index in [1.165, 1.54) is 23.8 Å². The van der Waals surface area contributed by atoms with Crippen molar-refractivity contribution in [3.63, 3.8) is 0 Å². The summed E-state index contributed by atoms with van der Waals surface area (Å²) in [4.78, 5) is 18.4. The van der Waals surface area contributed by atoms with Crippen molar-refractivity contribution < 1.29 is 32.5 Å². The van der Waals surface area contributed by atoms with Gasteiger partial charge in [0.15, 0.2) is 11.5 Å². The van der Waals surface area contributed by atoms with E-state index in [2.05, 4.69) is 35.2 Å². The molecule has 1 saturated heterocycles. The summed E-state index contributed by atoms with van der Waals surface area (Å²) < 4.78 is 52.8. The highest BCUT2D eigenvalue weighted by Crippen LogP contribution is 2.66. The number of halogens is 3. The second kappa shape index (κ2) is 12.3. The number of hydrogen-bond acceptors (Lipinski definition) is 5. The van der Waals surface area contributed by atoms with Crippen molar-refractivity contribution in [1.29, 1.82) is 0 Å². The highest BCUT2D eigenvalue weighted by Gasteiger charge is 2.73. The van der Waals surface area contributed by atoms with E-state index in [0.717, 1.165) is 42.8 Å². The van der Waals surface area contributed by atoms with Gasteiger partial charge in [-0.25, -0.2) is 0 Å². The summed E-state index contributed by atoms with van der Waals surface area (Å²) in [6.45, 7) is 6.15. The SMILES string of the molecule is COc1ccc2c3c1O[C@H]1[C@@H](N(CC(C)C)C(=O)C=Cc4cccc(C(F)(F)F)c4)CC[C@@]4(O)[C@@H](C2)N(CCc2ccccc2)CC[C@]314. The van der Waals surface area contributed by atoms with Crippen LogP contribution in [0, 0.1) is 5.92 Å². The van der Waals surface area contributed by atoms with Crippen molar-refractivity contribution in [3.05, 3.63) is 101 Å². The second-order valence-corrected chi connectivity index (χ2v) is 14.3. The van der Waals surface area contributed by atoms with Gasteiger partial charge in [-0.1, -0.05) is 62.4 Å². The van der Waals surface area contributed by atoms with Crippen LogP contribution in [-0.2, 0) is 29.2 Å². The number of likely N-dealkylation sites (tertiary alicyclic amines) is 1. The number of rotatable bonds is 9. The van der Waals surface area contributed by atoms with E-state index in [4.69, 9.17) is 9.47 Å². The molecule has 3 aromatic rings. The van der Waals surface area contributed by atoms with Crippen LogP contribution in [0.4, 0.5) is 13.2 Å². The van der Waals surface area contributed by atoms with Crippen molar-refractivity contribution in [2.24, 2.45) is 5.92 Å². The van der Waals surface area contributed by atoms with Gasteiger partial charge < -0.3 is 19.5 Å². The van der Waals surface area contributed by atoms with Crippen LogP contribution in [0.1, 0.15) is 60.9 Å². The third kappa shape index (κ3) is 5.30. The number of ether oxygens (including phenoxy) is 2. The smallest absolute Gasteiger partial charge is 0.416 e. The van der Waals surface area contributed by atoms with Gasteiger partial charge >= 0.3 is 6.18 Å². The van der Waals surface area contributed by atoms with E-state index in [1.807, 2.05) is 30.9 Å². The van der Waals surface area contributed by atoms with Crippen molar-refractivity contribution in [2.75, 3.05) is 26.7 Å². The number of hydrogen-bond donors (Lipinski definition) is 1. The quantitative estimate of drug-likeness (QED) is 0.260. The Labute approximate surface area is 280 Å². The molecule has 2 bridgehead atoms. The molecule has 2 fully saturated rings. The predicted octanol–water partition coefficient (Wildman–Crippen LogP) is 6.68. The monoisotopic (exact) mass is 660 g/mol. The molecule has 2 aliphatic heterocycles. The zero-order valence-electron chi connectivity index (χ0n) is 27.7. The Morgan fingerprint density at radius 1 is 1.12 bits per heavy atom. The zero-order valence-corrected chi connectivity index (χ0v) is 27.7. The summed E-state index contributed by atoms with van der Waals surface area (Å²) in [6, 6.07) is 19.0. The third-order valence-electron chi connectivity index (χ3n) is 11.2. The molecule has 2 heterocycles. The summed E-state index contributed by atoms with van der Waals surface area (Å²) in [6.07, 6.45) is 1.15. The number of nitrogens with zero attached hydrogens (tertiary/aromatic N) is 2. The van der Waals surface area contributed by atoms with Crippen LogP contribution in [0.5, 0.6) is 11.5 Å². The van der Waals surface area contributed by atoms with E-state index < -0.39 is 28.9 Å². The Kier molecular flexibility index (Phi) is 8.35. The van der Waals surface area contributed by atoms with Gasteiger partial charge in [0, 0.05) is 30.8 Å². The van der Waals surface area contributed by atoms with E-state index in [9.17, 15) is 23.1 Å². The maximum atomic E-state index is 14.1. The Morgan fingerprint density at radius 2 is 1.92 bits per heavy atom. The van der Waals surface area contributed by atoms with Gasteiger partial charge in [-0.15, -0.1) is 0 Å². The molecule has 0 aromatic heterocycles. The third-order valence-corrected chi connectivity index (χ3v) is 11.2. The molecule has 3 aromatic carbocycles. The maximum Gasteiger partial charge on any atom is 0.416 e. The Hall–Kier alpha value is -3.82. The highest BCUT2D eigenvalue weighted by atomic mass is 19.4. The topological polar surface area (TPSA) is 62.2 Å². The summed E-state index contributed by atoms with van der Waals surface area (Å²) in [7, 11) is 1.62. The number of methoxy groups -OCH3 is 1. The highest BCUT2D eigenvalue weighted by molar-refractivity contribution is 5.92. The van der Waals surface area contributed by atoms with Crippen LogP contribution in [0.3, 0.4) is 0 Å². The Bertz CT molecular complexity index is 1710. The lowest BCUT2D eigenvalue weighted by atomic mass is 9.48. The zero-order chi connectivity index (χ0) is 33.8. The molecule has 48 heavy (non-hydrogen) atoms. The van der Waals surface area contributed by atoms with E-state index >= 15 is 0 Å². The fourth-order valence-corrected chi connectivity index (χ4v) is 9.12. The minimum Gasteiger partial charge on any atom is -0.493 e. The Morgan fingerprint density at radius 3 is 2.65 bits per heavy atom. The molecule has 1 spiro atoms. The summed E-state index contributed by atoms with van der Waals surface area (Å²) in [5.74, 6) is 1.13. The largest absolute Gasteiger partial charge is 0.493 e. The molecular formula is C39H43F3N2O4. The van der Waals surface area contributed by atoms with Crippen molar-refractivity contribution >= 4 is 12.0 Å². The number of carbonyl (C=O) groups excluding carboxylic acids is 1. The molecule has 5 atom stereocenters. The van der Waals surface area contributed by atoms with Crippen molar-refractivity contribution in [1.82, 2.24) is 9.80 Å². The number of alkyl halides is 3. The summed E-state index contributed by atoms with van der Waals surface area (Å²) >= 11 is 0. The first-order valence-corrected chi connectivity index (χ1v) is 17.0. The minimum atomic E-state index is -4.47. The van der Waals surface area contributed by atoms with Crippen molar-refractivity contribution in [3.8, 4) is 11.5 Å². The molecular weight excluding hydrogens is 617 g/mol. The molecule has 2 aliphatic carbocycles. The van der Waals surface area contributed by atoms with E-state index in [0.29, 0.717) is 49.3 Å².